The van der Waals surface area contributed by atoms with Gasteiger partial charge in [0.05, 0.1) is 6.54 Å². The smallest absolute Gasteiger partial charge is 0.237 e. The Bertz CT molecular complexity index is 378. The first kappa shape index (κ1) is 7.98. The number of pyridine rings is 1. The van der Waals surface area contributed by atoms with Crippen molar-refractivity contribution in [1.29, 1.82) is 0 Å². The first-order valence-electron chi connectivity index (χ1n) is 4.38. The third-order valence-electron chi connectivity index (χ3n) is 1.97. The van der Waals surface area contributed by atoms with Crippen molar-refractivity contribution >= 4 is 0 Å². The van der Waals surface area contributed by atoms with Crippen LogP contribution in [0.2, 0.25) is 0 Å². The Morgan fingerprint density at radius 2 is 2.38 bits per heavy atom. The van der Waals surface area contributed by atoms with Gasteiger partial charge in [-0.15, -0.1) is 0 Å². The molecule has 0 atom stereocenters. The highest BCUT2D eigenvalue weighted by Gasteiger charge is 2.04. The van der Waals surface area contributed by atoms with E-state index in [0.29, 0.717) is 0 Å². The van der Waals surface area contributed by atoms with Gasteiger partial charge >= 0.3 is 0 Å². The predicted molar refractivity (Wildman–Crippen MR) is 49.4 cm³/mol. The highest BCUT2D eigenvalue weighted by Crippen LogP contribution is 1.99. The molecule has 0 fully saturated rings. The Labute approximate surface area is 77.3 Å². The molecule has 0 amide bonds. The van der Waals surface area contributed by atoms with E-state index in [1.165, 1.54) is 0 Å². The van der Waals surface area contributed by atoms with Crippen LogP contribution in [0.3, 0.4) is 0 Å². The quantitative estimate of drug-likeness (QED) is 0.626. The molecule has 2 rings (SSSR count). The molecule has 2 aromatic heterocycles. The van der Waals surface area contributed by atoms with Gasteiger partial charge in [0.25, 0.3) is 0 Å². The van der Waals surface area contributed by atoms with Crippen LogP contribution >= 0.6 is 0 Å². The Morgan fingerprint density at radius 1 is 1.46 bits per heavy atom. The molecule has 13 heavy (non-hydrogen) atoms. The second-order valence-corrected chi connectivity index (χ2v) is 2.84. The second kappa shape index (κ2) is 3.39. The summed E-state index contributed by atoms with van der Waals surface area (Å²) >= 11 is 0. The average molecular weight is 174 g/mol. The van der Waals surface area contributed by atoms with Gasteiger partial charge < -0.3 is 0 Å². The van der Waals surface area contributed by atoms with Gasteiger partial charge in [0.2, 0.25) is 12.1 Å². The van der Waals surface area contributed by atoms with Crippen molar-refractivity contribution in [3.63, 3.8) is 0 Å². The average Bonchev–Trinajstić information content (AvgIpc) is 2.67. The molecule has 0 spiro atoms. The molecule has 0 aliphatic carbocycles. The largest absolute Gasteiger partial charge is 0.250 e. The van der Waals surface area contributed by atoms with Crippen LogP contribution in [0.15, 0.2) is 43.1 Å². The van der Waals surface area contributed by atoms with Gasteiger partial charge in [-0.25, -0.2) is 9.55 Å². The fourth-order valence-electron chi connectivity index (χ4n) is 1.22. The summed E-state index contributed by atoms with van der Waals surface area (Å²) in [5.74, 6) is 0.953. The minimum Gasteiger partial charge on any atom is -0.237 e. The maximum absolute atomic E-state index is 4.25. The van der Waals surface area contributed by atoms with Gasteiger partial charge in [-0.2, -0.15) is 4.57 Å². The summed E-state index contributed by atoms with van der Waals surface area (Å²) in [5.41, 5.74) is 0. The normalized spacial score (nSPS) is 10.2. The molecule has 0 aliphatic rings. The summed E-state index contributed by atoms with van der Waals surface area (Å²) in [6.45, 7) is 3.10. The van der Waals surface area contributed by atoms with E-state index in [1.807, 2.05) is 41.5 Å². The lowest BCUT2D eigenvalue weighted by atomic mass is 10.5. The maximum Gasteiger partial charge on any atom is 0.250 e. The molecule has 3 nitrogen and oxygen atoms in total. The van der Waals surface area contributed by atoms with E-state index in [2.05, 4.69) is 16.5 Å². The van der Waals surface area contributed by atoms with Gasteiger partial charge in [-0.3, -0.25) is 0 Å². The first-order valence-corrected chi connectivity index (χ1v) is 4.38. The van der Waals surface area contributed by atoms with Gasteiger partial charge in [-0.1, -0.05) is 6.07 Å². The number of hydrogen-bond acceptors (Lipinski definition) is 1. The van der Waals surface area contributed by atoms with Crippen molar-refractivity contribution in [2.45, 2.75) is 13.5 Å². The highest BCUT2D eigenvalue weighted by atomic mass is 15.1. The highest BCUT2D eigenvalue weighted by molar-refractivity contribution is 5.19. The molecule has 0 bridgehead atoms. The van der Waals surface area contributed by atoms with E-state index in [9.17, 15) is 0 Å². The lowest BCUT2D eigenvalue weighted by molar-refractivity contribution is -0.692. The van der Waals surface area contributed by atoms with Crippen molar-refractivity contribution in [3.8, 4) is 5.82 Å². The van der Waals surface area contributed by atoms with E-state index in [1.54, 1.807) is 6.20 Å². The summed E-state index contributed by atoms with van der Waals surface area (Å²) in [6, 6.07) is 5.89. The molecule has 0 aromatic carbocycles. The monoisotopic (exact) mass is 174 g/mol. The van der Waals surface area contributed by atoms with Crippen LogP contribution in [-0.4, -0.2) is 9.55 Å². The molecule has 0 aliphatic heterocycles. The van der Waals surface area contributed by atoms with E-state index < -0.39 is 0 Å². The fourth-order valence-corrected chi connectivity index (χ4v) is 1.22. The molecule has 0 unspecified atom stereocenters. The number of rotatable bonds is 2. The Kier molecular flexibility index (Phi) is 2.08. The van der Waals surface area contributed by atoms with Crippen molar-refractivity contribution in [2.75, 3.05) is 0 Å². The fraction of sp³-hybridized carbons (Fsp3) is 0.200. The van der Waals surface area contributed by atoms with E-state index >= 15 is 0 Å². The van der Waals surface area contributed by atoms with Crippen molar-refractivity contribution in [1.82, 2.24) is 9.55 Å². The first-order chi connectivity index (χ1) is 6.40. The van der Waals surface area contributed by atoms with Crippen LogP contribution in [0, 0.1) is 0 Å². The van der Waals surface area contributed by atoms with E-state index in [4.69, 9.17) is 0 Å². The van der Waals surface area contributed by atoms with Crippen LogP contribution in [-0.2, 0) is 6.54 Å². The Balaban J connectivity index is 2.36. The molecule has 2 heterocycles. The lowest BCUT2D eigenvalue weighted by Gasteiger charge is -1.91. The number of nitrogens with zero attached hydrogens (tertiary/aromatic N) is 3. The third kappa shape index (κ3) is 1.59. The number of aromatic nitrogens is 3. The number of hydrogen-bond donors (Lipinski definition) is 0. The molecule has 66 valence electrons. The summed E-state index contributed by atoms with van der Waals surface area (Å²) in [6.07, 6.45) is 7.87. The van der Waals surface area contributed by atoms with E-state index in [0.717, 1.165) is 12.4 Å². The van der Waals surface area contributed by atoms with Gasteiger partial charge in [0.1, 0.15) is 12.4 Å². The molecule has 0 saturated heterocycles. The lowest BCUT2D eigenvalue weighted by Crippen LogP contribution is -2.28. The van der Waals surface area contributed by atoms with Gasteiger partial charge in [0, 0.05) is 12.3 Å². The minimum atomic E-state index is 0.953. The maximum atomic E-state index is 4.25. The van der Waals surface area contributed by atoms with Crippen LogP contribution in [0.1, 0.15) is 6.92 Å². The molecule has 0 saturated carbocycles. The summed E-state index contributed by atoms with van der Waals surface area (Å²) in [7, 11) is 0. The standard InChI is InChI=1S/C10H12N3/c1-2-12-7-8-13(9-12)10-5-3-4-6-11-10/h3-9H,2H2,1H3/q+1. The number of imidazole rings is 1. The van der Waals surface area contributed by atoms with Gasteiger partial charge in [0.15, 0.2) is 0 Å². The zero-order valence-corrected chi connectivity index (χ0v) is 7.59. The van der Waals surface area contributed by atoms with Crippen LogP contribution in [0.4, 0.5) is 0 Å². The van der Waals surface area contributed by atoms with Crippen molar-refractivity contribution < 1.29 is 4.57 Å². The van der Waals surface area contributed by atoms with Crippen LogP contribution in [0.25, 0.3) is 5.82 Å². The predicted octanol–water partition coefficient (Wildman–Crippen LogP) is 1.18. The van der Waals surface area contributed by atoms with Crippen molar-refractivity contribution in [2.24, 2.45) is 0 Å². The SMILES string of the molecule is CC[n+]1ccn(-c2ccccn2)c1. The third-order valence-corrected chi connectivity index (χ3v) is 1.97. The van der Waals surface area contributed by atoms with Crippen LogP contribution in [0.5, 0.6) is 0 Å². The summed E-state index contributed by atoms with van der Waals surface area (Å²) < 4.78 is 4.11. The Morgan fingerprint density at radius 3 is 3.00 bits per heavy atom. The zero-order valence-electron chi connectivity index (χ0n) is 7.59. The zero-order chi connectivity index (χ0) is 9.10. The topological polar surface area (TPSA) is 21.7 Å². The molecule has 0 radical (unpaired) electrons. The van der Waals surface area contributed by atoms with Crippen molar-refractivity contribution in [3.05, 3.63) is 43.1 Å². The summed E-state index contributed by atoms with van der Waals surface area (Å²) in [4.78, 5) is 4.25. The molecular weight excluding hydrogens is 162 g/mol. The van der Waals surface area contributed by atoms with Crippen LogP contribution < -0.4 is 4.57 Å². The molecule has 0 N–H and O–H groups in total. The molecule has 3 heteroatoms. The summed E-state index contributed by atoms with van der Waals surface area (Å²) in [5, 5.41) is 0. The molecular formula is C10H12N3+. The Hall–Kier alpha value is -1.64. The number of aryl methyl sites for hydroxylation is 1. The molecule has 2 aromatic rings. The second-order valence-electron chi connectivity index (χ2n) is 2.84. The van der Waals surface area contributed by atoms with Gasteiger partial charge in [-0.05, 0) is 13.0 Å². The van der Waals surface area contributed by atoms with E-state index in [-0.39, 0.29) is 0 Å². The minimum absolute atomic E-state index is 0.953.